The Morgan fingerprint density at radius 3 is 2.22 bits per heavy atom. The third-order valence-electron chi connectivity index (χ3n) is 6.07. The number of rotatable bonds is 12. The average Bonchev–Trinajstić information content (AvgIpc) is 2.89. The van der Waals surface area contributed by atoms with Crippen molar-refractivity contribution < 1.29 is 14.0 Å². The highest BCUT2D eigenvalue weighted by atomic mass is 35.5. The smallest absolute Gasteiger partial charge is 0.243 e. The molecule has 0 saturated carbocycles. The van der Waals surface area contributed by atoms with Crippen LogP contribution in [0.2, 0.25) is 10.0 Å². The Labute approximate surface area is 232 Å². The van der Waals surface area contributed by atoms with E-state index < -0.39 is 6.04 Å². The Morgan fingerprint density at radius 2 is 1.59 bits per heavy atom. The topological polar surface area (TPSA) is 49.4 Å². The zero-order valence-corrected chi connectivity index (χ0v) is 23.3. The van der Waals surface area contributed by atoms with E-state index in [0.717, 1.165) is 23.1 Å². The van der Waals surface area contributed by atoms with Crippen LogP contribution in [0, 0.1) is 5.82 Å². The summed E-state index contributed by atoms with van der Waals surface area (Å²) in [6.07, 6.45) is 1.13. The maximum atomic E-state index is 13.7. The second kappa shape index (κ2) is 14.4. The fourth-order valence-electron chi connectivity index (χ4n) is 3.78. The lowest BCUT2D eigenvalue weighted by atomic mass is 10.0. The highest BCUT2D eigenvalue weighted by molar-refractivity contribution is 7.99. The average molecular weight is 562 g/mol. The maximum Gasteiger partial charge on any atom is 0.243 e. The first-order chi connectivity index (χ1) is 17.8. The summed E-state index contributed by atoms with van der Waals surface area (Å²) in [5.74, 6) is -0.184. The fourth-order valence-corrected chi connectivity index (χ4v) is 5.42. The Morgan fingerprint density at radius 1 is 0.946 bits per heavy atom. The normalized spacial score (nSPS) is 12.6. The molecule has 0 unspecified atom stereocenters. The molecule has 0 saturated heterocycles. The first-order valence-electron chi connectivity index (χ1n) is 12.2. The number of benzene rings is 3. The molecule has 0 aliphatic heterocycles. The number of thioether (sulfide) groups is 1. The van der Waals surface area contributed by atoms with Gasteiger partial charge in [0.1, 0.15) is 11.9 Å². The first kappa shape index (κ1) is 29.0. The molecular weight excluding hydrogens is 530 g/mol. The van der Waals surface area contributed by atoms with Gasteiger partial charge in [0.15, 0.2) is 0 Å². The zero-order chi connectivity index (χ0) is 26.8. The second-order valence-electron chi connectivity index (χ2n) is 8.86. The van der Waals surface area contributed by atoms with Crippen molar-refractivity contribution in [2.75, 3.05) is 5.75 Å². The van der Waals surface area contributed by atoms with Crippen molar-refractivity contribution in [3.63, 3.8) is 0 Å². The Hall–Kier alpha value is -2.54. The summed E-state index contributed by atoms with van der Waals surface area (Å²) in [4.78, 5) is 28.7. The summed E-state index contributed by atoms with van der Waals surface area (Å²) in [6, 6.07) is 20.1. The molecule has 196 valence electrons. The summed E-state index contributed by atoms with van der Waals surface area (Å²) in [5.41, 5.74) is 2.45. The summed E-state index contributed by atoms with van der Waals surface area (Å²) in [6.45, 7) is 4.11. The van der Waals surface area contributed by atoms with Gasteiger partial charge in [-0.15, -0.1) is 11.8 Å². The van der Waals surface area contributed by atoms with Crippen LogP contribution in [-0.2, 0) is 28.3 Å². The number of hydrogen-bond acceptors (Lipinski definition) is 3. The largest absolute Gasteiger partial charge is 0.352 e. The molecule has 0 bridgehead atoms. The number of carbonyl (C=O) groups is 2. The highest BCUT2D eigenvalue weighted by Crippen LogP contribution is 2.28. The molecule has 0 aromatic heterocycles. The minimum atomic E-state index is -0.738. The Bertz CT molecular complexity index is 1160. The molecule has 0 heterocycles. The van der Waals surface area contributed by atoms with Crippen molar-refractivity contribution >= 4 is 46.8 Å². The maximum absolute atomic E-state index is 13.7. The van der Waals surface area contributed by atoms with Gasteiger partial charge in [0.2, 0.25) is 11.8 Å². The van der Waals surface area contributed by atoms with Crippen LogP contribution in [0.15, 0.2) is 72.8 Å². The molecule has 0 fully saturated rings. The Kier molecular flexibility index (Phi) is 11.3. The minimum absolute atomic E-state index is 0.0368. The molecule has 0 spiro atoms. The highest BCUT2D eigenvalue weighted by Gasteiger charge is 2.31. The van der Waals surface area contributed by atoms with Crippen LogP contribution in [0.3, 0.4) is 0 Å². The number of carbonyl (C=O) groups excluding carboxylic acids is 2. The van der Waals surface area contributed by atoms with Gasteiger partial charge >= 0.3 is 0 Å². The van der Waals surface area contributed by atoms with E-state index in [-0.39, 0.29) is 36.0 Å². The van der Waals surface area contributed by atoms with Crippen molar-refractivity contribution in [3.8, 4) is 0 Å². The number of halogens is 3. The molecule has 3 aromatic rings. The minimum Gasteiger partial charge on any atom is -0.352 e. The Balaban J connectivity index is 1.87. The predicted molar refractivity (Wildman–Crippen MR) is 151 cm³/mol. The molecule has 0 radical (unpaired) electrons. The third-order valence-corrected chi connectivity index (χ3v) is 7.72. The molecule has 2 atom stereocenters. The fraction of sp³-hybridized carbons (Fsp3) is 0.310. The standard InChI is InChI=1S/C29H31Cl2FN2O2S/c1-3-20(2)33-29(36)27(16-21-8-5-4-6-9-21)34(17-22-12-14-23(32)15-13-22)28(35)19-37-18-24-25(30)10-7-11-26(24)31/h4-15,20,27H,3,16-19H2,1-2H3,(H,33,36)/t20-,27-/m1/s1. The number of amides is 2. The molecule has 8 heteroatoms. The van der Waals surface area contributed by atoms with E-state index in [0.29, 0.717) is 22.2 Å². The first-order valence-corrected chi connectivity index (χ1v) is 14.1. The van der Waals surface area contributed by atoms with Crippen molar-refractivity contribution in [2.24, 2.45) is 0 Å². The molecular formula is C29H31Cl2FN2O2S. The second-order valence-corrected chi connectivity index (χ2v) is 10.7. The molecule has 1 N–H and O–H groups in total. The van der Waals surface area contributed by atoms with Gasteiger partial charge in [-0.05, 0) is 54.3 Å². The molecule has 0 aliphatic rings. The monoisotopic (exact) mass is 560 g/mol. The summed E-state index contributed by atoms with van der Waals surface area (Å²) >= 11 is 14.0. The van der Waals surface area contributed by atoms with Crippen molar-refractivity contribution in [3.05, 3.63) is 105 Å². The van der Waals surface area contributed by atoms with Crippen LogP contribution in [-0.4, -0.2) is 34.6 Å². The van der Waals surface area contributed by atoms with Gasteiger partial charge in [0.05, 0.1) is 5.75 Å². The van der Waals surface area contributed by atoms with Gasteiger partial charge in [0, 0.05) is 34.8 Å². The van der Waals surface area contributed by atoms with Crippen LogP contribution >= 0.6 is 35.0 Å². The van der Waals surface area contributed by atoms with Gasteiger partial charge in [-0.3, -0.25) is 9.59 Å². The molecule has 3 aromatic carbocycles. The number of hydrogen-bond donors (Lipinski definition) is 1. The van der Waals surface area contributed by atoms with Gasteiger partial charge in [-0.1, -0.05) is 78.7 Å². The van der Waals surface area contributed by atoms with Gasteiger partial charge < -0.3 is 10.2 Å². The van der Waals surface area contributed by atoms with E-state index in [1.54, 1.807) is 35.2 Å². The van der Waals surface area contributed by atoms with E-state index >= 15 is 0 Å². The summed E-state index contributed by atoms with van der Waals surface area (Å²) in [7, 11) is 0. The van der Waals surface area contributed by atoms with Crippen molar-refractivity contribution in [1.82, 2.24) is 10.2 Å². The van der Waals surface area contributed by atoms with Crippen molar-refractivity contribution in [1.29, 1.82) is 0 Å². The zero-order valence-electron chi connectivity index (χ0n) is 20.9. The number of nitrogens with one attached hydrogen (secondary N) is 1. The molecule has 3 rings (SSSR count). The number of nitrogens with zero attached hydrogens (tertiary/aromatic N) is 1. The lowest BCUT2D eigenvalue weighted by Crippen LogP contribution is -2.52. The predicted octanol–water partition coefficient (Wildman–Crippen LogP) is 6.92. The molecule has 0 aliphatic carbocycles. The quantitative estimate of drug-likeness (QED) is 0.261. The van der Waals surface area contributed by atoms with Gasteiger partial charge in [0.25, 0.3) is 0 Å². The van der Waals surface area contributed by atoms with Crippen LogP contribution in [0.1, 0.15) is 37.0 Å². The molecule has 4 nitrogen and oxygen atoms in total. The van der Waals surface area contributed by atoms with E-state index in [1.165, 1.54) is 23.9 Å². The lowest BCUT2D eigenvalue weighted by Gasteiger charge is -2.32. The molecule has 2 amide bonds. The van der Waals surface area contributed by atoms with Crippen molar-refractivity contribution in [2.45, 2.75) is 51.1 Å². The molecule has 37 heavy (non-hydrogen) atoms. The van der Waals surface area contributed by atoms with Crippen LogP contribution in [0.5, 0.6) is 0 Å². The summed E-state index contributed by atoms with van der Waals surface area (Å²) < 4.78 is 13.6. The van der Waals surface area contributed by atoms with E-state index in [4.69, 9.17) is 23.2 Å². The van der Waals surface area contributed by atoms with E-state index in [9.17, 15) is 14.0 Å². The van der Waals surface area contributed by atoms with Gasteiger partial charge in [-0.25, -0.2) is 4.39 Å². The SMILES string of the molecule is CC[C@@H](C)NC(=O)[C@@H](Cc1ccccc1)N(Cc1ccc(F)cc1)C(=O)CSCc1c(Cl)cccc1Cl. The third kappa shape index (κ3) is 8.77. The van der Waals surface area contributed by atoms with Crippen LogP contribution < -0.4 is 5.32 Å². The van der Waals surface area contributed by atoms with E-state index in [2.05, 4.69) is 5.32 Å². The van der Waals surface area contributed by atoms with Gasteiger partial charge in [-0.2, -0.15) is 0 Å². The lowest BCUT2D eigenvalue weighted by molar-refractivity contribution is -0.139. The van der Waals surface area contributed by atoms with Crippen LogP contribution in [0.25, 0.3) is 0 Å². The van der Waals surface area contributed by atoms with Crippen LogP contribution in [0.4, 0.5) is 4.39 Å². The van der Waals surface area contributed by atoms with E-state index in [1.807, 2.05) is 44.2 Å². The summed E-state index contributed by atoms with van der Waals surface area (Å²) in [5, 5.41) is 4.14.